The van der Waals surface area contributed by atoms with Crippen LogP contribution in [0.3, 0.4) is 0 Å². The molecule has 6 N–H and O–H groups in total. The van der Waals surface area contributed by atoms with Crippen molar-refractivity contribution in [2.45, 2.75) is 12.5 Å². The zero-order chi connectivity index (χ0) is 10.6. The molecule has 9 heteroatoms. The van der Waals surface area contributed by atoms with Crippen molar-refractivity contribution in [3.8, 4) is 0 Å². The normalized spacial score (nSPS) is 12.6. The van der Waals surface area contributed by atoms with Gasteiger partial charge >= 0.3 is 17.9 Å². The number of carboxylic acids is 3. The maximum Gasteiger partial charge on any atom is 0.333 e. The maximum atomic E-state index is 10.3. The Morgan fingerprint density at radius 3 is 1.60 bits per heavy atom. The molecular formula is C6H10NaO8. The number of hydrogen-bond acceptors (Lipinski definition) is 4. The molecule has 0 aliphatic carbocycles. The van der Waals surface area contributed by atoms with Crippen LogP contribution in [-0.2, 0) is 14.4 Å². The van der Waals surface area contributed by atoms with Crippen LogP contribution in [0.2, 0.25) is 0 Å². The van der Waals surface area contributed by atoms with Gasteiger partial charge in [0.05, 0.1) is 6.42 Å². The van der Waals surface area contributed by atoms with Crippen LogP contribution in [0.25, 0.3) is 0 Å². The van der Waals surface area contributed by atoms with Gasteiger partial charge in [-0.2, -0.15) is 0 Å². The molecule has 0 aromatic heterocycles. The van der Waals surface area contributed by atoms with Crippen molar-refractivity contribution in [1.29, 1.82) is 0 Å². The summed E-state index contributed by atoms with van der Waals surface area (Å²) in [5.74, 6) is -6.71. The van der Waals surface area contributed by atoms with Crippen LogP contribution in [0.15, 0.2) is 0 Å². The van der Waals surface area contributed by atoms with Gasteiger partial charge in [0.25, 0.3) is 0 Å². The Kier molecular flexibility index (Phi) is 11.4. The third-order valence-electron chi connectivity index (χ3n) is 1.35. The van der Waals surface area contributed by atoms with Crippen LogP contribution < -0.4 is 0 Å². The first-order valence-corrected chi connectivity index (χ1v) is 3.21. The van der Waals surface area contributed by atoms with E-state index in [0.29, 0.717) is 0 Å². The topological polar surface area (TPSA) is 164 Å². The van der Waals surface area contributed by atoms with Crippen molar-refractivity contribution in [3.05, 3.63) is 0 Å². The SMILES string of the molecule is O.O=C(O)CC(C(=O)O)C(O)C(=O)O.[Na]. The van der Waals surface area contributed by atoms with Gasteiger partial charge in [0.1, 0.15) is 5.92 Å². The fraction of sp³-hybridized carbons (Fsp3) is 0.500. The maximum absolute atomic E-state index is 10.3. The third kappa shape index (κ3) is 7.28. The largest absolute Gasteiger partial charge is 0.481 e. The predicted molar refractivity (Wildman–Crippen MR) is 46.4 cm³/mol. The van der Waals surface area contributed by atoms with E-state index in [-0.39, 0.29) is 35.0 Å². The summed E-state index contributed by atoms with van der Waals surface area (Å²) in [6, 6.07) is 0. The van der Waals surface area contributed by atoms with Crippen molar-refractivity contribution < 1.29 is 40.3 Å². The summed E-state index contributed by atoms with van der Waals surface area (Å²) in [6.45, 7) is 0. The molecule has 2 unspecified atom stereocenters. The molecule has 83 valence electrons. The second kappa shape index (κ2) is 8.62. The Labute approximate surface area is 106 Å². The second-order valence-electron chi connectivity index (χ2n) is 2.33. The Morgan fingerprint density at radius 2 is 1.40 bits per heavy atom. The quantitative estimate of drug-likeness (QED) is 0.378. The molecule has 0 saturated heterocycles. The molecule has 0 bridgehead atoms. The standard InChI is InChI=1S/C6H8O7.Na.H2O/c7-3(8)1-2(5(10)11)4(9)6(12)13;;/h2,4,9H,1H2,(H,7,8)(H,10,11)(H,12,13);;1H2. The first kappa shape index (κ1) is 19.8. The van der Waals surface area contributed by atoms with Gasteiger partial charge in [-0.3, -0.25) is 9.59 Å². The molecule has 8 nitrogen and oxygen atoms in total. The fourth-order valence-electron chi connectivity index (χ4n) is 0.694. The van der Waals surface area contributed by atoms with Gasteiger partial charge in [-0.25, -0.2) is 4.79 Å². The molecule has 0 aliphatic rings. The van der Waals surface area contributed by atoms with E-state index >= 15 is 0 Å². The molecule has 0 fully saturated rings. The van der Waals surface area contributed by atoms with Gasteiger partial charge in [0, 0.05) is 29.6 Å². The smallest absolute Gasteiger partial charge is 0.333 e. The number of aliphatic carboxylic acids is 3. The molecule has 15 heavy (non-hydrogen) atoms. The Balaban J connectivity index is -0.000000720. The fourth-order valence-corrected chi connectivity index (χ4v) is 0.694. The molecule has 0 aliphatic heterocycles. The molecule has 0 saturated carbocycles. The third-order valence-corrected chi connectivity index (χ3v) is 1.35. The molecule has 2 atom stereocenters. The van der Waals surface area contributed by atoms with Gasteiger partial charge in [-0.15, -0.1) is 0 Å². The van der Waals surface area contributed by atoms with Gasteiger partial charge < -0.3 is 25.9 Å². The van der Waals surface area contributed by atoms with Crippen LogP contribution in [0.5, 0.6) is 0 Å². The van der Waals surface area contributed by atoms with E-state index in [1.54, 1.807) is 0 Å². The van der Waals surface area contributed by atoms with E-state index in [1.165, 1.54) is 0 Å². The summed E-state index contributed by atoms with van der Waals surface area (Å²) in [6.07, 6.45) is -3.13. The zero-order valence-electron chi connectivity index (χ0n) is 7.88. The minimum atomic E-state index is -2.20. The Morgan fingerprint density at radius 1 is 1.00 bits per heavy atom. The molecule has 1 radical (unpaired) electrons. The van der Waals surface area contributed by atoms with E-state index in [9.17, 15) is 14.4 Å². The van der Waals surface area contributed by atoms with Gasteiger partial charge in [0.15, 0.2) is 6.10 Å². The Hall–Kier alpha value is -0.670. The minimum Gasteiger partial charge on any atom is -0.481 e. The number of hydrogen-bond donors (Lipinski definition) is 4. The summed E-state index contributed by atoms with van der Waals surface area (Å²) in [5, 5.41) is 33.5. The number of carboxylic acid groups (broad SMARTS) is 3. The van der Waals surface area contributed by atoms with Crippen molar-refractivity contribution in [2.24, 2.45) is 5.92 Å². The van der Waals surface area contributed by atoms with Crippen molar-refractivity contribution in [3.63, 3.8) is 0 Å². The van der Waals surface area contributed by atoms with Gasteiger partial charge in [-0.1, -0.05) is 0 Å². The van der Waals surface area contributed by atoms with Crippen molar-refractivity contribution in [1.82, 2.24) is 0 Å². The number of aliphatic hydroxyl groups excluding tert-OH is 1. The van der Waals surface area contributed by atoms with E-state index in [1.807, 2.05) is 0 Å². The van der Waals surface area contributed by atoms with Crippen molar-refractivity contribution in [2.75, 3.05) is 0 Å². The van der Waals surface area contributed by atoms with Gasteiger partial charge in [0.2, 0.25) is 0 Å². The average Bonchev–Trinajstić information content (AvgIpc) is 1.97. The molecule has 0 heterocycles. The van der Waals surface area contributed by atoms with Crippen LogP contribution in [0.1, 0.15) is 6.42 Å². The zero-order valence-corrected chi connectivity index (χ0v) is 9.88. The summed E-state index contributed by atoms with van der Waals surface area (Å²) in [7, 11) is 0. The summed E-state index contributed by atoms with van der Waals surface area (Å²) < 4.78 is 0. The predicted octanol–water partition coefficient (Wildman–Crippen LogP) is -2.60. The van der Waals surface area contributed by atoms with Crippen molar-refractivity contribution >= 4 is 47.5 Å². The van der Waals surface area contributed by atoms with E-state index < -0.39 is 36.4 Å². The number of aliphatic hydroxyl groups is 1. The summed E-state index contributed by atoms with van der Waals surface area (Å²) in [4.78, 5) is 30.5. The van der Waals surface area contributed by atoms with Gasteiger partial charge in [-0.05, 0) is 0 Å². The average molecular weight is 233 g/mol. The van der Waals surface area contributed by atoms with Crippen LogP contribution >= 0.6 is 0 Å². The first-order valence-electron chi connectivity index (χ1n) is 3.21. The number of rotatable bonds is 5. The molecular weight excluding hydrogens is 223 g/mol. The van der Waals surface area contributed by atoms with Crippen LogP contribution in [0, 0.1) is 5.92 Å². The molecule has 0 rings (SSSR count). The number of carbonyl (C=O) groups is 3. The molecule has 0 aromatic rings. The molecule has 0 amide bonds. The second-order valence-corrected chi connectivity index (χ2v) is 2.33. The minimum absolute atomic E-state index is 0. The summed E-state index contributed by atoms with van der Waals surface area (Å²) in [5.41, 5.74) is 0. The first-order chi connectivity index (χ1) is 5.86. The monoisotopic (exact) mass is 233 g/mol. The van der Waals surface area contributed by atoms with Crippen LogP contribution in [-0.4, -0.2) is 79.5 Å². The van der Waals surface area contributed by atoms with E-state index in [4.69, 9.17) is 20.4 Å². The summed E-state index contributed by atoms with van der Waals surface area (Å²) >= 11 is 0. The van der Waals surface area contributed by atoms with E-state index in [0.717, 1.165) is 0 Å². The van der Waals surface area contributed by atoms with E-state index in [2.05, 4.69) is 0 Å². The molecule has 0 aromatic carbocycles. The van der Waals surface area contributed by atoms with Crippen LogP contribution in [0.4, 0.5) is 0 Å². The molecule has 0 spiro atoms. The Bertz CT molecular complexity index is 239.